The second-order valence-electron chi connectivity index (χ2n) is 24.8. The van der Waals surface area contributed by atoms with Crippen LogP contribution in [-0.4, -0.2) is 107 Å². The topological polar surface area (TPSA) is 181 Å². The average Bonchev–Trinajstić information content (AvgIpc) is 4.03. The van der Waals surface area contributed by atoms with Gasteiger partial charge in [0.2, 0.25) is 6.79 Å². The number of carbonyl (C=O) groups excluding carboxylic acids is 5. The Kier molecular flexibility index (Phi) is 15.5. The molecule has 7 unspecified atom stereocenters. The van der Waals surface area contributed by atoms with Crippen LogP contribution in [0.25, 0.3) is 0 Å². The van der Waals surface area contributed by atoms with Crippen LogP contribution in [0.5, 0.6) is 0 Å². The van der Waals surface area contributed by atoms with E-state index in [9.17, 15) is 34.2 Å². The zero-order chi connectivity index (χ0) is 51.9. The molecule has 2 aromatic carbocycles. The second kappa shape index (κ2) is 21.2. The van der Waals surface area contributed by atoms with Gasteiger partial charge >= 0.3 is 30.0 Å². The van der Waals surface area contributed by atoms with Crippen molar-refractivity contribution in [2.24, 2.45) is 46.3 Å². The van der Waals surface area contributed by atoms with Crippen LogP contribution in [0.2, 0.25) is 0 Å². The van der Waals surface area contributed by atoms with Crippen molar-refractivity contribution in [3.63, 3.8) is 0 Å². The Bertz CT molecular complexity index is 2240. The van der Waals surface area contributed by atoms with Crippen molar-refractivity contribution in [3.8, 4) is 0 Å². The molecule has 2 N–H and O–H groups in total. The van der Waals surface area contributed by atoms with E-state index in [2.05, 4.69) is 20.8 Å². The molecule has 2 bridgehead atoms. The number of piperidine rings is 1. The van der Waals surface area contributed by atoms with Crippen molar-refractivity contribution in [1.29, 1.82) is 0 Å². The summed E-state index contributed by atoms with van der Waals surface area (Å²) in [5.74, 6) is -1.34. The monoisotopic (exact) mass is 1010 g/mol. The maximum absolute atomic E-state index is 14.7. The first-order valence-corrected chi connectivity index (χ1v) is 27.7. The van der Waals surface area contributed by atoms with Crippen molar-refractivity contribution in [2.45, 2.75) is 198 Å². The van der Waals surface area contributed by atoms with Gasteiger partial charge in [-0.15, -0.1) is 0 Å². The summed E-state index contributed by atoms with van der Waals surface area (Å²) in [4.78, 5) is 67.0. The minimum atomic E-state index is -2.01. The van der Waals surface area contributed by atoms with Gasteiger partial charge in [0.05, 0.1) is 50.2 Å². The molecule has 3 heterocycles. The van der Waals surface area contributed by atoms with Crippen molar-refractivity contribution in [2.75, 3.05) is 19.9 Å². The minimum Gasteiger partial charge on any atom is -0.462 e. The van der Waals surface area contributed by atoms with Gasteiger partial charge in [-0.05, 0) is 118 Å². The molecule has 3 saturated heterocycles. The number of ether oxygens (including phenoxy) is 6. The van der Waals surface area contributed by atoms with Crippen LogP contribution in [-0.2, 0) is 53.2 Å². The highest BCUT2D eigenvalue weighted by Gasteiger charge is 2.66. The van der Waals surface area contributed by atoms with Crippen LogP contribution in [0.4, 0.5) is 4.79 Å². The number of carbonyl (C=O) groups is 5. The lowest BCUT2D eigenvalue weighted by atomic mass is 9.43. The van der Waals surface area contributed by atoms with E-state index in [1.165, 1.54) is 25.9 Å². The van der Waals surface area contributed by atoms with Crippen LogP contribution < -0.4 is 0 Å². The molecule has 4 saturated carbocycles. The maximum Gasteiger partial charge on any atom is 0.513 e. The quantitative estimate of drug-likeness (QED) is 0.0746. The van der Waals surface area contributed by atoms with Gasteiger partial charge in [0.15, 0.2) is 0 Å². The fourth-order valence-electron chi connectivity index (χ4n) is 16.4. The third-order valence-corrected chi connectivity index (χ3v) is 19.9. The van der Waals surface area contributed by atoms with E-state index in [0.717, 1.165) is 49.4 Å². The smallest absolute Gasteiger partial charge is 0.462 e. The molecule has 4 aliphatic carbocycles. The molecule has 73 heavy (non-hydrogen) atoms. The summed E-state index contributed by atoms with van der Waals surface area (Å²) in [6.07, 6.45) is 8.84. The van der Waals surface area contributed by atoms with Gasteiger partial charge in [0.1, 0.15) is 17.8 Å². The normalized spacial score (nSPS) is 34.6. The summed E-state index contributed by atoms with van der Waals surface area (Å²) in [6, 6.07) is 18.4. The van der Waals surface area contributed by atoms with E-state index < -0.39 is 54.3 Å². The second-order valence-corrected chi connectivity index (χ2v) is 24.8. The van der Waals surface area contributed by atoms with Crippen molar-refractivity contribution >= 4 is 30.0 Å². The summed E-state index contributed by atoms with van der Waals surface area (Å²) in [5, 5.41) is 24.1. The average molecular weight is 1010 g/mol. The van der Waals surface area contributed by atoms with Crippen LogP contribution in [0.1, 0.15) is 162 Å². The fraction of sp³-hybridized carbons (Fsp3) is 0.712. The molecule has 7 fully saturated rings. The predicted octanol–water partition coefficient (Wildman–Crippen LogP) is 9.48. The van der Waals surface area contributed by atoms with E-state index in [-0.39, 0.29) is 77.4 Å². The molecule has 1 spiro atoms. The zero-order valence-electron chi connectivity index (χ0n) is 44.2. The first-order valence-electron chi connectivity index (χ1n) is 27.7. The van der Waals surface area contributed by atoms with Gasteiger partial charge in [-0.25, -0.2) is 9.59 Å². The molecule has 14 nitrogen and oxygen atoms in total. The summed E-state index contributed by atoms with van der Waals surface area (Å²) in [7, 11) is 0. The largest absolute Gasteiger partial charge is 0.513 e. The Morgan fingerprint density at radius 3 is 1.95 bits per heavy atom. The minimum absolute atomic E-state index is 0.0607. The summed E-state index contributed by atoms with van der Waals surface area (Å²) < 4.78 is 35.6. The highest BCUT2D eigenvalue weighted by atomic mass is 16.8. The summed E-state index contributed by atoms with van der Waals surface area (Å²) >= 11 is 0. The molecule has 7 aliphatic rings. The molecule has 0 aromatic heterocycles. The highest BCUT2D eigenvalue weighted by molar-refractivity contribution is 5.88. The standard InChI is InChI=1S/C59H82NO13/c1-37(19-24-52(65)72-56(2,3)4)45-22-23-46-53-47(35-49(62)58(45,46)6)57(5)28-27-43(31-40(57)32-48(53)61)70-51(64)26-25-50(63)68-36-69-55(67)73-59(38-15-9-7-10-16-38,39-17-11-8-12-18-39)54(66)71-44-33-41-20-21-42(34-44)60(41)29-13-14-30-60/h7-12,15-18,37,40-49,53,61-62H,13-14,19-36H2,1-6H3/q+1/t37-,40?,41?,42?,43-,44?,45?,46?,47?,48-,49+,53?,57+,58-/m1/s1. The number of rotatable bonds is 15. The third kappa shape index (κ3) is 10.4. The van der Waals surface area contributed by atoms with Crippen LogP contribution in [0, 0.1) is 46.3 Å². The molecular formula is C59H82NO13+. The first-order chi connectivity index (χ1) is 34.8. The van der Waals surface area contributed by atoms with Crippen molar-refractivity contribution in [1.82, 2.24) is 0 Å². The maximum atomic E-state index is 14.7. The Balaban J connectivity index is 0.755. The predicted molar refractivity (Wildman–Crippen MR) is 269 cm³/mol. The lowest BCUT2D eigenvalue weighted by molar-refractivity contribution is -0.956. The molecule has 0 radical (unpaired) electrons. The number of hydrogen-bond donors (Lipinski definition) is 2. The highest BCUT2D eigenvalue weighted by Crippen LogP contribution is 2.68. The number of benzene rings is 2. The zero-order valence-corrected chi connectivity index (χ0v) is 44.2. The van der Waals surface area contributed by atoms with Gasteiger partial charge in [0, 0.05) is 56.1 Å². The van der Waals surface area contributed by atoms with Crippen LogP contribution >= 0.6 is 0 Å². The number of hydrogen-bond acceptors (Lipinski definition) is 13. The lowest BCUT2D eigenvalue weighted by Gasteiger charge is -2.63. The van der Waals surface area contributed by atoms with Gasteiger partial charge < -0.3 is 43.1 Å². The first kappa shape index (κ1) is 53.3. The Morgan fingerprint density at radius 1 is 0.685 bits per heavy atom. The number of quaternary nitrogens is 1. The molecular weight excluding hydrogens is 931 g/mol. The molecule has 3 aliphatic heterocycles. The molecule has 2 aromatic rings. The van der Waals surface area contributed by atoms with Crippen LogP contribution in [0.15, 0.2) is 60.7 Å². The number of fused-ring (bicyclic) bond motifs is 5. The lowest BCUT2D eigenvalue weighted by Crippen LogP contribution is -2.62. The van der Waals surface area contributed by atoms with Gasteiger partial charge in [0.25, 0.3) is 5.60 Å². The SMILES string of the molecule is C[C@H](CCC(=O)OC(C)(C)C)C1CCC2C3C(C[C@H](O)[C@@]21C)[C@@]1(C)CC[C@@H](OC(=O)CCC(=O)OCOC(=O)OC(C(=O)OC2CC4CCC(C2)[N+]42CCCC2)(c2ccccc2)c2ccccc2)CC1C[C@H]3O. The third-order valence-electron chi connectivity index (χ3n) is 19.9. The molecule has 13 atom stereocenters. The number of nitrogens with zero attached hydrogens (tertiary/aromatic N) is 1. The van der Waals surface area contributed by atoms with Crippen molar-refractivity contribution in [3.05, 3.63) is 71.8 Å². The summed E-state index contributed by atoms with van der Waals surface area (Å²) in [6.45, 7) is 13.9. The van der Waals surface area contributed by atoms with Crippen LogP contribution in [0.3, 0.4) is 0 Å². The molecule has 0 amide bonds. The van der Waals surface area contributed by atoms with E-state index in [1.807, 2.05) is 20.8 Å². The van der Waals surface area contributed by atoms with E-state index in [4.69, 9.17) is 28.4 Å². The van der Waals surface area contributed by atoms with Gasteiger partial charge in [-0.2, -0.15) is 0 Å². The van der Waals surface area contributed by atoms with E-state index >= 15 is 0 Å². The van der Waals surface area contributed by atoms with Gasteiger partial charge in [-0.1, -0.05) is 81.4 Å². The Hall–Kier alpha value is -4.53. The van der Waals surface area contributed by atoms with Gasteiger partial charge in [-0.3, -0.25) is 14.4 Å². The molecule has 9 rings (SSSR count). The molecule has 400 valence electrons. The Labute approximate surface area is 432 Å². The number of esters is 4. The van der Waals surface area contributed by atoms with Crippen molar-refractivity contribution < 1.29 is 67.1 Å². The Morgan fingerprint density at radius 2 is 1.32 bits per heavy atom. The van der Waals surface area contributed by atoms with E-state index in [1.54, 1.807) is 60.7 Å². The fourth-order valence-corrected chi connectivity index (χ4v) is 16.4. The number of aliphatic hydroxyl groups excluding tert-OH is 2. The van der Waals surface area contributed by atoms with E-state index in [0.29, 0.717) is 61.7 Å². The summed E-state index contributed by atoms with van der Waals surface area (Å²) in [5.41, 5.74) is -2.29. The number of aliphatic hydroxyl groups is 2. The molecule has 14 heteroatoms.